The van der Waals surface area contributed by atoms with Gasteiger partial charge in [0.05, 0.1) is 5.69 Å². The summed E-state index contributed by atoms with van der Waals surface area (Å²) in [6, 6.07) is 9.16. The molecular weight excluding hydrogens is 402 g/mol. The lowest BCUT2D eigenvalue weighted by atomic mass is 10.0. The minimum Gasteiger partial charge on any atom is -0.387 e. The average molecular weight is 434 g/mol. The third-order valence-electron chi connectivity index (χ3n) is 5.23. The molecule has 0 spiro atoms. The summed E-state index contributed by atoms with van der Waals surface area (Å²) in [5, 5.41) is 2.93. The quantitative estimate of drug-likeness (QED) is 0.632. The van der Waals surface area contributed by atoms with Gasteiger partial charge in [-0.25, -0.2) is 4.99 Å². The highest BCUT2D eigenvalue weighted by Crippen LogP contribution is 2.28. The number of carbonyl (C=O) groups is 2. The van der Waals surface area contributed by atoms with E-state index in [9.17, 15) is 9.59 Å². The van der Waals surface area contributed by atoms with Gasteiger partial charge >= 0.3 is 0 Å². The van der Waals surface area contributed by atoms with Crippen LogP contribution < -0.4 is 11.1 Å². The number of amides is 2. The Morgan fingerprint density at radius 1 is 1.16 bits per heavy atom. The van der Waals surface area contributed by atoms with E-state index >= 15 is 0 Å². The zero-order chi connectivity index (χ0) is 22.9. The van der Waals surface area contributed by atoms with Crippen LogP contribution >= 0.6 is 0 Å². The smallest absolute Gasteiger partial charge is 0.251 e. The van der Waals surface area contributed by atoms with Gasteiger partial charge in [-0.2, -0.15) is 0 Å². The zero-order valence-electron chi connectivity index (χ0n) is 18.8. The number of fused-ring (bicyclic) bond motifs is 1. The second kappa shape index (κ2) is 11.2. The van der Waals surface area contributed by atoms with Crippen molar-refractivity contribution < 1.29 is 9.59 Å². The number of aliphatic imine (C=N–C) groups is 1. The molecule has 1 aliphatic heterocycles. The number of aromatic nitrogens is 1. The molecule has 168 valence electrons. The molecule has 0 saturated heterocycles. The molecule has 2 heterocycles. The van der Waals surface area contributed by atoms with Crippen LogP contribution in [0.25, 0.3) is 6.08 Å². The number of hydrogen-bond donors (Lipinski definition) is 2. The SMILES string of the molecule is CCCN(CCC)C(=O)C1=Cc2ccc(C(=O)NCCc3cccnc3)cc2N=C(N)C1. The van der Waals surface area contributed by atoms with Crippen LogP contribution in [-0.2, 0) is 11.2 Å². The molecule has 0 bridgehead atoms. The molecule has 0 radical (unpaired) electrons. The molecule has 2 amide bonds. The van der Waals surface area contributed by atoms with Crippen molar-refractivity contribution in [2.45, 2.75) is 39.5 Å². The van der Waals surface area contributed by atoms with Gasteiger partial charge in [0, 0.05) is 55.1 Å². The number of hydrogen-bond acceptors (Lipinski definition) is 5. The molecule has 1 aromatic heterocycles. The van der Waals surface area contributed by atoms with E-state index in [-0.39, 0.29) is 11.8 Å². The van der Waals surface area contributed by atoms with Gasteiger partial charge in [-0.15, -0.1) is 0 Å². The molecule has 7 heteroatoms. The number of benzene rings is 1. The standard InChI is InChI=1S/C25H31N5O2/c1-3-12-30(13-4-2)25(32)21-14-19-7-8-20(15-22(19)29-23(26)16-21)24(31)28-11-9-18-6-5-10-27-17-18/h5-8,10,14-15,17H,3-4,9,11-13,16H2,1-2H3,(H2,26,29)(H,28,31). The summed E-state index contributed by atoms with van der Waals surface area (Å²) in [5.74, 6) is 0.189. The third kappa shape index (κ3) is 6.03. The van der Waals surface area contributed by atoms with E-state index in [1.165, 1.54) is 0 Å². The number of amidine groups is 1. The first-order valence-electron chi connectivity index (χ1n) is 11.2. The Balaban J connectivity index is 1.74. The fraction of sp³-hybridized carbons (Fsp3) is 0.360. The van der Waals surface area contributed by atoms with Crippen LogP contribution in [0.2, 0.25) is 0 Å². The van der Waals surface area contributed by atoms with E-state index in [0.717, 1.165) is 24.0 Å². The van der Waals surface area contributed by atoms with Crippen molar-refractivity contribution in [1.29, 1.82) is 0 Å². The summed E-state index contributed by atoms with van der Waals surface area (Å²) >= 11 is 0. The van der Waals surface area contributed by atoms with E-state index < -0.39 is 0 Å². The molecule has 3 rings (SSSR count). The first-order valence-corrected chi connectivity index (χ1v) is 11.2. The third-order valence-corrected chi connectivity index (χ3v) is 5.23. The molecular formula is C25H31N5O2. The summed E-state index contributed by atoms with van der Waals surface area (Å²) in [7, 11) is 0. The minimum absolute atomic E-state index is 0.00285. The molecule has 1 aromatic carbocycles. The van der Waals surface area contributed by atoms with Crippen molar-refractivity contribution in [3.05, 3.63) is 65.0 Å². The Labute approximate surface area is 189 Å². The van der Waals surface area contributed by atoms with Crippen molar-refractivity contribution in [2.24, 2.45) is 10.7 Å². The minimum atomic E-state index is -0.174. The number of nitrogens with zero attached hydrogens (tertiary/aromatic N) is 3. The maximum absolute atomic E-state index is 13.1. The Bertz CT molecular complexity index is 1010. The number of nitrogens with two attached hydrogens (primary N) is 1. The fourth-order valence-corrected chi connectivity index (χ4v) is 3.70. The molecule has 2 aromatic rings. The Hall–Kier alpha value is -3.48. The van der Waals surface area contributed by atoms with Crippen LogP contribution in [0.4, 0.5) is 5.69 Å². The summed E-state index contributed by atoms with van der Waals surface area (Å²) in [5.41, 5.74) is 9.71. The first-order chi connectivity index (χ1) is 15.5. The Morgan fingerprint density at radius 2 is 1.94 bits per heavy atom. The van der Waals surface area contributed by atoms with Gasteiger partial charge in [-0.05, 0) is 49.1 Å². The molecule has 0 saturated carbocycles. The monoisotopic (exact) mass is 433 g/mol. The van der Waals surface area contributed by atoms with Crippen LogP contribution in [0.5, 0.6) is 0 Å². The number of pyridine rings is 1. The lowest BCUT2D eigenvalue weighted by Gasteiger charge is -2.22. The van der Waals surface area contributed by atoms with Crippen molar-refractivity contribution in [1.82, 2.24) is 15.2 Å². The molecule has 32 heavy (non-hydrogen) atoms. The fourth-order valence-electron chi connectivity index (χ4n) is 3.70. The molecule has 0 unspecified atom stereocenters. The van der Waals surface area contributed by atoms with Gasteiger partial charge in [0.1, 0.15) is 5.84 Å². The topological polar surface area (TPSA) is 101 Å². The van der Waals surface area contributed by atoms with E-state index in [4.69, 9.17) is 5.73 Å². The lowest BCUT2D eigenvalue weighted by molar-refractivity contribution is -0.127. The van der Waals surface area contributed by atoms with Crippen LogP contribution in [-0.4, -0.2) is 47.2 Å². The van der Waals surface area contributed by atoms with Crippen molar-refractivity contribution in [3.63, 3.8) is 0 Å². The predicted octanol–water partition coefficient (Wildman–Crippen LogP) is 3.48. The highest BCUT2D eigenvalue weighted by Gasteiger charge is 2.21. The highest BCUT2D eigenvalue weighted by atomic mass is 16.2. The van der Waals surface area contributed by atoms with Gasteiger partial charge in [0.2, 0.25) is 5.91 Å². The van der Waals surface area contributed by atoms with Crippen LogP contribution in [0.15, 0.2) is 53.3 Å². The van der Waals surface area contributed by atoms with Crippen LogP contribution in [0, 0.1) is 0 Å². The maximum atomic E-state index is 13.1. The van der Waals surface area contributed by atoms with E-state index in [2.05, 4.69) is 29.1 Å². The van der Waals surface area contributed by atoms with E-state index in [1.807, 2.05) is 29.2 Å². The highest BCUT2D eigenvalue weighted by molar-refractivity contribution is 6.06. The Morgan fingerprint density at radius 3 is 2.62 bits per heavy atom. The summed E-state index contributed by atoms with van der Waals surface area (Å²) in [6.07, 6.45) is 8.17. The predicted molar refractivity (Wildman–Crippen MR) is 128 cm³/mol. The number of rotatable bonds is 9. The summed E-state index contributed by atoms with van der Waals surface area (Å²) in [6.45, 7) is 6.06. The zero-order valence-corrected chi connectivity index (χ0v) is 18.8. The summed E-state index contributed by atoms with van der Waals surface area (Å²) < 4.78 is 0. The normalized spacial score (nSPS) is 12.8. The number of nitrogens with one attached hydrogen (secondary N) is 1. The average Bonchev–Trinajstić information content (AvgIpc) is 2.96. The van der Waals surface area contributed by atoms with Gasteiger partial charge in [0.15, 0.2) is 0 Å². The first kappa shape index (κ1) is 23.2. The molecule has 1 aliphatic rings. The summed E-state index contributed by atoms with van der Waals surface area (Å²) in [4.78, 5) is 36.1. The maximum Gasteiger partial charge on any atom is 0.251 e. The van der Waals surface area contributed by atoms with Crippen LogP contribution in [0.3, 0.4) is 0 Å². The van der Waals surface area contributed by atoms with Crippen molar-refractivity contribution in [3.8, 4) is 0 Å². The largest absolute Gasteiger partial charge is 0.387 e. The Kier molecular flexibility index (Phi) is 8.14. The van der Waals surface area contributed by atoms with E-state index in [0.29, 0.717) is 55.1 Å². The molecule has 0 fully saturated rings. The molecule has 7 nitrogen and oxygen atoms in total. The van der Waals surface area contributed by atoms with Gasteiger partial charge in [-0.3, -0.25) is 14.6 Å². The van der Waals surface area contributed by atoms with E-state index in [1.54, 1.807) is 24.5 Å². The molecule has 0 atom stereocenters. The second-order valence-corrected chi connectivity index (χ2v) is 7.88. The van der Waals surface area contributed by atoms with Crippen LogP contribution in [0.1, 0.15) is 54.6 Å². The van der Waals surface area contributed by atoms with Gasteiger partial charge < -0.3 is 16.0 Å². The van der Waals surface area contributed by atoms with Crippen molar-refractivity contribution >= 4 is 29.4 Å². The van der Waals surface area contributed by atoms with Gasteiger partial charge in [0.25, 0.3) is 5.91 Å². The second-order valence-electron chi connectivity index (χ2n) is 7.88. The number of carbonyl (C=O) groups excluding carboxylic acids is 2. The molecule has 0 aliphatic carbocycles. The molecule has 3 N–H and O–H groups in total. The lowest BCUT2D eigenvalue weighted by Crippen LogP contribution is -2.34. The van der Waals surface area contributed by atoms with Gasteiger partial charge in [-0.1, -0.05) is 26.0 Å². The van der Waals surface area contributed by atoms with Crippen molar-refractivity contribution in [2.75, 3.05) is 19.6 Å².